The molecule has 0 aliphatic carbocycles. The Hall–Kier alpha value is -3.00. The number of H-pyrrole nitrogens is 1. The van der Waals surface area contributed by atoms with Crippen LogP contribution < -0.4 is 4.74 Å². The van der Waals surface area contributed by atoms with Crippen molar-refractivity contribution in [3.63, 3.8) is 0 Å². The van der Waals surface area contributed by atoms with E-state index in [1.165, 1.54) is 22.1 Å². The van der Waals surface area contributed by atoms with E-state index in [0.29, 0.717) is 0 Å². The van der Waals surface area contributed by atoms with Gasteiger partial charge in [0.25, 0.3) is 0 Å². The summed E-state index contributed by atoms with van der Waals surface area (Å²) < 4.78 is 5.85. The van der Waals surface area contributed by atoms with E-state index in [4.69, 9.17) is 4.74 Å². The molecule has 1 heterocycles. The molecule has 2 heteroatoms. The van der Waals surface area contributed by atoms with Gasteiger partial charge in [0.1, 0.15) is 5.75 Å². The molecule has 4 rings (SSSR count). The van der Waals surface area contributed by atoms with Crippen LogP contribution in [-0.2, 0) is 0 Å². The van der Waals surface area contributed by atoms with Crippen molar-refractivity contribution in [2.24, 2.45) is 0 Å². The lowest BCUT2D eigenvalue weighted by Crippen LogP contribution is -1.95. The monoisotopic (exact) mass is 341 g/mol. The molecule has 3 aromatic carbocycles. The SMILES string of the molecule is CCCCOc1ccc2[nH]c(-c3ccccc3-c3ccccc3)cc2c1. The van der Waals surface area contributed by atoms with Gasteiger partial charge >= 0.3 is 0 Å². The van der Waals surface area contributed by atoms with Gasteiger partial charge in [-0.1, -0.05) is 67.9 Å². The minimum Gasteiger partial charge on any atom is -0.494 e. The normalized spacial score (nSPS) is 11.0. The third kappa shape index (κ3) is 3.36. The summed E-state index contributed by atoms with van der Waals surface area (Å²) in [5.41, 5.74) is 5.93. The molecule has 26 heavy (non-hydrogen) atoms. The molecule has 2 nitrogen and oxygen atoms in total. The highest BCUT2D eigenvalue weighted by atomic mass is 16.5. The van der Waals surface area contributed by atoms with Crippen molar-refractivity contribution in [3.05, 3.63) is 78.9 Å². The number of benzene rings is 3. The van der Waals surface area contributed by atoms with Gasteiger partial charge in [-0.2, -0.15) is 0 Å². The molecular weight excluding hydrogens is 318 g/mol. The van der Waals surface area contributed by atoms with E-state index in [1.807, 2.05) is 6.07 Å². The largest absolute Gasteiger partial charge is 0.494 e. The van der Waals surface area contributed by atoms with E-state index in [1.54, 1.807) is 0 Å². The predicted octanol–water partition coefficient (Wildman–Crippen LogP) is 6.68. The van der Waals surface area contributed by atoms with Crippen molar-refractivity contribution in [1.82, 2.24) is 4.98 Å². The molecule has 0 spiro atoms. The number of aromatic nitrogens is 1. The molecule has 1 N–H and O–H groups in total. The number of ether oxygens (including phenoxy) is 1. The summed E-state index contributed by atoms with van der Waals surface area (Å²) in [6.07, 6.45) is 2.23. The second-order valence-electron chi connectivity index (χ2n) is 6.55. The minimum atomic E-state index is 0.774. The number of hydrogen-bond donors (Lipinski definition) is 1. The van der Waals surface area contributed by atoms with Crippen LogP contribution in [-0.4, -0.2) is 11.6 Å². The first kappa shape index (κ1) is 16.5. The topological polar surface area (TPSA) is 25.0 Å². The minimum absolute atomic E-state index is 0.774. The van der Waals surface area contributed by atoms with Crippen LogP contribution in [0.25, 0.3) is 33.3 Å². The molecule has 0 fully saturated rings. The van der Waals surface area contributed by atoms with Crippen LogP contribution >= 0.6 is 0 Å². The maximum atomic E-state index is 5.85. The fourth-order valence-electron chi connectivity index (χ4n) is 3.27. The van der Waals surface area contributed by atoms with Gasteiger partial charge in [0.15, 0.2) is 0 Å². The number of rotatable bonds is 6. The number of nitrogens with one attached hydrogen (secondary N) is 1. The van der Waals surface area contributed by atoms with E-state index in [-0.39, 0.29) is 0 Å². The van der Waals surface area contributed by atoms with Gasteiger partial charge in [-0.05, 0) is 41.8 Å². The Morgan fingerprint density at radius 2 is 1.58 bits per heavy atom. The van der Waals surface area contributed by atoms with Crippen molar-refractivity contribution in [2.75, 3.05) is 6.61 Å². The Kier molecular flexibility index (Phi) is 4.74. The second kappa shape index (κ2) is 7.49. The van der Waals surface area contributed by atoms with Crippen LogP contribution in [0.4, 0.5) is 0 Å². The summed E-state index contributed by atoms with van der Waals surface area (Å²) in [6, 6.07) is 27.5. The summed E-state index contributed by atoms with van der Waals surface area (Å²) >= 11 is 0. The summed E-state index contributed by atoms with van der Waals surface area (Å²) in [6.45, 7) is 2.95. The predicted molar refractivity (Wildman–Crippen MR) is 110 cm³/mol. The van der Waals surface area contributed by atoms with E-state index in [2.05, 4.69) is 84.7 Å². The lowest BCUT2D eigenvalue weighted by molar-refractivity contribution is 0.310. The number of fused-ring (bicyclic) bond motifs is 1. The Balaban J connectivity index is 1.71. The van der Waals surface area contributed by atoms with Crippen LogP contribution in [0.3, 0.4) is 0 Å². The second-order valence-corrected chi connectivity index (χ2v) is 6.55. The third-order valence-electron chi connectivity index (χ3n) is 4.66. The first-order valence-corrected chi connectivity index (χ1v) is 9.25. The maximum absolute atomic E-state index is 5.85. The zero-order valence-electron chi connectivity index (χ0n) is 15.0. The van der Waals surface area contributed by atoms with Crippen LogP contribution in [0, 0.1) is 0 Å². The van der Waals surface area contributed by atoms with Crippen molar-refractivity contribution >= 4 is 10.9 Å². The zero-order valence-corrected chi connectivity index (χ0v) is 15.0. The highest BCUT2D eigenvalue weighted by molar-refractivity contribution is 5.91. The zero-order chi connectivity index (χ0) is 17.8. The van der Waals surface area contributed by atoms with E-state index in [0.717, 1.165) is 36.4 Å². The van der Waals surface area contributed by atoms with Gasteiger partial charge in [0.05, 0.1) is 6.61 Å². The lowest BCUT2D eigenvalue weighted by Gasteiger charge is -2.08. The van der Waals surface area contributed by atoms with Crippen molar-refractivity contribution in [1.29, 1.82) is 0 Å². The van der Waals surface area contributed by atoms with Gasteiger partial charge in [-0.15, -0.1) is 0 Å². The average Bonchev–Trinajstić information content (AvgIpc) is 3.12. The molecule has 0 aliphatic rings. The fraction of sp³-hybridized carbons (Fsp3) is 0.167. The standard InChI is InChI=1S/C24H23NO/c1-2-3-15-26-20-13-14-23-19(16-20)17-24(25-23)22-12-8-7-11-21(22)18-9-5-4-6-10-18/h4-14,16-17,25H,2-3,15H2,1H3. The highest BCUT2D eigenvalue weighted by Crippen LogP contribution is 2.34. The van der Waals surface area contributed by atoms with Crippen LogP contribution in [0.2, 0.25) is 0 Å². The Bertz CT molecular complexity index is 1000. The fourth-order valence-corrected chi connectivity index (χ4v) is 3.27. The molecule has 130 valence electrons. The van der Waals surface area contributed by atoms with E-state index in [9.17, 15) is 0 Å². The molecular formula is C24H23NO. The summed E-state index contributed by atoms with van der Waals surface area (Å²) in [4.78, 5) is 3.56. The van der Waals surface area contributed by atoms with Gasteiger partial charge in [-0.3, -0.25) is 0 Å². The molecule has 0 saturated carbocycles. The first-order valence-electron chi connectivity index (χ1n) is 9.25. The molecule has 0 saturated heterocycles. The van der Waals surface area contributed by atoms with E-state index < -0.39 is 0 Å². The molecule has 0 unspecified atom stereocenters. The van der Waals surface area contributed by atoms with Crippen LogP contribution in [0.5, 0.6) is 5.75 Å². The summed E-state index contributed by atoms with van der Waals surface area (Å²) in [5.74, 6) is 0.938. The molecule has 0 atom stereocenters. The summed E-state index contributed by atoms with van der Waals surface area (Å²) in [7, 11) is 0. The van der Waals surface area contributed by atoms with Crippen LogP contribution in [0.15, 0.2) is 78.9 Å². The van der Waals surface area contributed by atoms with Gasteiger partial charge in [0.2, 0.25) is 0 Å². The molecule has 0 radical (unpaired) electrons. The van der Waals surface area contributed by atoms with Crippen molar-refractivity contribution in [3.8, 4) is 28.1 Å². The number of hydrogen-bond acceptors (Lipinski definition) is 1. The highest BCUT2D eigenvalue weighted by Gasteiger charge is 2.10. The summed E-state index contributed by atoms with van der Waals surface area (Å²) in [5, 5.41) is 1.18. The molecule has 1 aromatic heterocycles. The average molecular weight is 341 g/mol. The Morgan fingerprint density at radius 3 is 2.38 bits per heavy atom. The lowest BCUT2D eigenvalue weighted by atomic mass is 9.98. The maximum Gasteiger partial charge on any atom is 0.120 e. The van der Waals surface area contributed by atoms with Gasteiger partial charge < -0.3 is 9.72 Å². The quantitative estimate of drug-likeness (QED) is 0.389. The smallest absolute Gasteiger partial charge is 0.120 e. The van der Waals surface area contributed by atoms with Gasteiger partial charge in [-0.25, -0.2) is 0 Å². The first-order chi connectivity index (χ1) is 12.8. The molecule has 0 bridgehead atoms. The van der Waals surface area contributed by atoms with E-state index >= 15 is 0 Å². The molecule has 0 amide bonds. The van der Waals surface area contributed by atoms with Crippen molar-refractivity contribution in [2.45, 2.75) is 19.8 Å². The number of unbranched alkanes of at least 4 members (excludes halogenated alkanes) is 1. The third-order valence-corrected chi connectivity index (χ3v) is 4.66. The number of aromatic amines is 1. The van der Waals surface area contributed by atoms with Crippen molar-refractivity contribution < 1.29 is 4.74 Å². The van der Waals surface area contributed by atoms with Gasteiger partial charge in [0, 0.05) is 22.2 Å². The Morgan fingerprint density at radius 1 is 0.808 bits per heavy atom. The van der Waals surface area contributed by atoms with Crippen LogP contribution in [0.1, 0.15) is 19.8 Å². The molecule has 0 aliphatic heterocycles. The Labute approximate surface area is 154 Å². The molecule has 4 aromatic rings.